The monoisotopic (exact) mass is 410 g/mol. The Hall–Kier alpha value is -2.69. The van der Waals surface area contributed by atoms with Crippen LogP contribution < -0.4 is 0 Å². The van der Waals surface area contributed by atoms with Crippen molar-refractivity contribution in [3.8, 4) is 11.1 Å². The van der Waals surface area contributed by atoms with Crippen molar-refractivity contribution in [2.24, 2.45) is 0 Å². The summed E-state index contributed by atoms with van der Waals surface area (Å²) in [5, 5.41) is 0.514. The summed E-state index contributed by atoms with van der Waals surface area (Å²) >= 11 is 6.51. The van der Waals surface area contributed by atoms with Gasteiger partial charge in [0.25, 0.3) is 0 Å². The molecule has 0 aromatic heterocycles. The Kier molecular flexibility index (Phi) is 6.45. The maximum atomic E-state index is 13.3. The summed E-state index contributed by atoms with van der Waals surface area (Å²) in [6.45, 7) is 1.99. The third-order valence-corrected chi connectivity index (χ3v) is 6.01. The zero-order valence-electron chi connectivity index (χ0n) is 15.5. The van der Waals surface area contributed by atoms with E-state index in [9.17, 15) is 9.00 Å². The minimum absolute atomic E-state index is 0.456. The van der Waals surface area contributed by atoms with Crippen LogP contribution in [0.4, 0.5) is 0 Å². The van der Waals surface area contributed by atoms with Gasteiger partial charge in [0.1, 0.15) is 0 Å². The smallest absolute Gasteiger partial charge is 0.330 e. The number of methoxy groups -OCH3 is 1. The average molecular weight is 411 g/mol. The quantitative estimate of drug-likeness (QED) is 0.402. The highest BCUT2D eigenvalue weighted by Gasteiger charge is 2.17. The zero-order chi connectivity index (χ0) is 20.1. The lowest BCUT2D eigenvalue weighted by Gasteiger charge is -2.14. The van der Waals surface area contributed by atoms with Crippen LogP contribution in [-0.2, 0) is 20.3 Å². The van der Waals surface area contributed by atoms with Gasteiger partial charge in [0, 0.05) is 27.1 Å². The van der Waals surface area contributed by atoms with Crippen LogP contribution in [0, 0.1) is 6.92 Å². The predicted molar refractivity (Wildman–Crippen MR) is 114 cm³/mol. The van der Waals surface area contributed by atoms with Crippen LogP contribution in [0.3, 0.4) is 0 Å². The van der Waals surface area contributed by atoms with E-state index in [1.54, 1.807) is 12.1 Å². The molecule has 1 atom stereocenters. The standard InChI is InChI=1S/C23H19ClO3S/c1-16-10-13-18(14-11-16)28(26)21-9-4-3-7-19(21)23-17(6-5-8-20(23)24)12-15-22(25)27-2/h3-15H,1-2H3/b15-12+/t28-/m0/s1. The van der Waals surface area contributed by atoms with E-state index in [4.69, 9.17) is 11.6 Å². The van der Waals surface area contributed by atoms with Gasteiger partial charge in [0.2, 0.25) is 0 Å². The van der Waals surface area contributed by atoms with Gasteiger partial charge in [-0.2, -0.15) is 0 Å². The summed E-state index contributed by atoms with van der Waals surface area (Å²) in [6, 6.07) is 20.5. The molecule has 0 aliphatic carbocycles. The molecule has 0 amide bonds. The molecule has 0 fully saturated rings. The minimum Gasteiger partial charge on any atom is -0.466 e. The maximum Gasteiger partial charge on any atom is 0.330 e. The Balaban J connectivity index is 2.13. The Morgan fingerprint density at radius 1 is 1.00 bits per heavy atom. The van der Waals surface area contributed by atoms with E-state index >= 15 is 0 Å². The Morgan fingerprint density at radius 3 is 2.43 bits per heavy atom. The van der Waals surface area contributed by atoms with Gasteiger partial charge < -0.3 is 4.74 Å². The number of esters is 1. The molecule has 142 valence electrons. The van der Waals surface area contributed by atoms with E-state index < -0.39 is 16.8 Å². The second kappa shape index (κ2) is 9.00. The molecule has 0 N–H and O–H groups in total. The molecule has 3 nitrogen and oxygen atoms in total. The summed E-state index contributed by atoms with van der Waals surface area (Å²) in [5.41, 5.74) is 3.33. The summed E-state index contributed by atoms with van der Waals surface area (Å²) < 4.78 is 17.9. The SMILES string of the molecule is COC(=O)/C=C/c1cccc(Cl)c1-c1ccccc1[S@@](=O)c1ccc(C)cc1. The van der Waals surface area contributed by atoms with Crippen molar-refractivity contribution in [3.63, 3.8) is 0 Å². The molecule has 0 spiro atoms. The van der Waals surface area contributed by atoms with Gasteiger partial charge in [-0.1, -0.05) is 59.6 Å². The van der Waals surface area contributed by atoms with Gasteiger partial charge in [-0.15, -0.1) is 0 Å². The number of rotatable bonds is 5. The lowest BCUT2D eigenvalue weighted by molar-refractivity contribution is -0.134. The van der Waals surface area contributed by atoms with Gasteiger partial charge in [-0.3, -0.25) is 0 Å². The highest BCUT2D eigenvalue weighted by atomic mass is 35.5. The molecule has 0 saturated heterocycles. The van der Waals surface area contributed by atoms with Crippen LogP contribution in [0.2, 0.25) is 5.02 Å². The highest BCUT2D eigenvalue weighted by molar-refractivity contribution is 7.85. The third-order valence-electron chi connectivity index (χ3n) is 4.24. The fourth-order valence-corrected chi connectivity index (χ4v) is 4.31. The van der Waals surface area contributed by atoms with E-state index in [1.165, 1.54) is 13.2 Å². The molecule has 3 aromatic carbocycles. The average Bonchev–Trinajstić information content (AvgIpc) is 2.72. The van der Waals surface area contributed by atoms with Crippen molar-refractivity contribution in [2.45, 2.75) is 16.7 Å². The summed E-state index contributed by atoms with van der Waals surface area (Å²) in [5.74, 6) is -0.456. The number of halogens is 1. The molecule has 0 saturated carbocycles. The van der Waals surface area contributed by atoms with Gasteiger partial charge in [-0.05, 0) is 42.8 Å². The molecule has 0 heterocycles. The number of hydrogen-bond acceptors (Lipinski definition) is 3. The molecule has 3 aromatic rings. The first kappa shape index (κ1) is 20.1. The fraction of sp³-hybridized carbons (Fsp3) is 0.0870. The van der Waals surface area contributed by atoms with Gasteiger partial charge in [0.05, 0.1) is 22.8 Å². The second-order valence-electron chi connectivity index (χ2n) is 6.14. The summed E-state index contributed by atoms with van der Waals surface area (Å²) in [7, 11) is -0.0474. The molecule has 0 bridgehead atoms. The number of carbonyl (C=O) groups excluding carboxylic acids is 1. The highest BCUT2D eigenvalue weighted by Crippen LogP contribution is 2.37. The van der Waals surface area contributed by atoms with Gasteiger partial charge in [0.15, 0.2) is 0 Å². The first-order valence-electron chi connectivity index (χ1n) is 8.63. The molecule has 0 unspecified atom stereocenters. The topological polar surface area (TPSA) is 43.4 Å². The van der Waals surface area contributed by atoms with Crippen LogP contribution in [0.15, 0.2) is 82.6 Å². The van der Waals surface area contributed by atoms with Crippen molar-refractivity contribution in [3.05, 3.63) is 89.0 Å². The number of ether oxygens (including phenoxy) is 1. The van der Waals surface area contributed by atoms with Crippen LogP contribution in [0.1, 0.15) is 11.1 Å². The largest absolute Gasteiger partial charge is 0.466 e. The molecule has 0 aliphatic rings. The van der Waals surface area contributed by atoms with Crippen LogP contribution in [-0.4, -0.2) is 17.3 Å². The molecular formula is C23H19ClO3S. The van der Waals surface area contributed by atoms with Crippen molar-refractivity contribution in [1.82, 2.24) is 0 Å². The van der Waals surface area contributed by atoms with E-state index in [-0.39, 0.29) is 0 Å². The number of benzene rings is 3. The lowest BCUT2D eigenvalue weighted by Crippen LogP contribution is -1.98. The number of aryl methyl sites for hydroxylation is 1. The summed E-state index contributed by atoms with van der Waals surface area (Å²) in [6.07, 6.45) is 2.99. The van der Waals surface area contributed by atoms with Crippen molar-refractivity contribution >= 4 is 34.4 Å². The van der Waals surface area contributed by atoms with Crippen LogP contribution in [0.25, 0.3) is 17.2 Å². The van der Waals surface area contributed by atoms with E-state index in [1.807, 2.05) is 67.6 Å². The van der Waals surface area contributed by atoms with Crippen molar-refractivity contribution < 1.29 is 13.7 Å². The molecular weight excluding hydrogens is 392 g/mol. The predicted octanol–water partition coefficient (Wildman–Crippen LogP) is 5.67. The maximum absolute atomic E-state index is 13.3. The normalized spacial score (nSPS) is 12.1. The molecule has 28 heavy (non-hydrogen) atoms. The molecule has 0 radical (unpaired) electrons. The van der Waals surface area contributed by atoms with E-state index in [0.717, 1.165) is 27.1 Å². The molecule has 3 rings (SSSR count). The molecule has 5 heteroatoms. The van der Waals surface area contributed by atoms with Crippen LogP contribution >= 0.6 is 11.6 Å². The zero-order valence-corrected chi connectivity index (χ0v) is 17.1. The summed E-state index contributed by atoms with van der Waals surface area (Å²) in [4.78, 5) is 12.9. The minimum atomic E-state index is -1.37. The fourth-order valence-electron chi connectivity index (χ4n) is 2.81. The third kappa shape index (κ3) is 4.41. The van der Waals surface area contributed by atoms with Crippen LogP contribution in [0.5, 0.6) is 0 Å². The van der Waals surface area contributed by atoms with Gasteiger partial charge >= 0.3 is 5.97 Å². The number of hydrogen-bond donors (Lipinski definition) is 0. The van der Waals surface area contributed by atoms with Gasteiger partial charge in [-0.25, -0.2) is 9.00 Å². The first-order chi connectivity index (χ1) is 13.5. The second-order valence-corrected chi connectivity index (χ2v) is 7.99. The lowest BCUT2D eigenvalue weighted by atomic mass is 9.99. The van der Waals surface area contributed by atoms with Crippen molar-refractivity contribution in [2.75, 3.05) is 7.11 Å². The number of carbonyl (C=O) groups is 1. The molecule has 0 aliphatic heterocycles. The van der Waals surface area contributed by atoms with E-state index in [2.05, 4.69) is 4.74 Å². The van der Waals surface area contributed by atoms with E-state index in [0.29, 0.717) is 9.92 Å². The Bertz CT molecular complexity index is 1060. The Labute approximate surface area is 172 Å². The Morgan fingerprint density at radius 2 is 1.71 bits per heavy atom. The van der Waals surface area contributed by atoms with Crippen molar-refractivity contribution in [1.29, 1.82) is 0 Å². The first-order valence-corrected chi connectivity index (χ1v) is 10.2.